The third kappa shape index (κ3) is 68.3. The summed E-state index contributed by atoms with van der Waals surface area (Å²) in [6.07, 6.45) is 0. The Hall–Kier alpha value is 0.220. The Morgan fingerprint density at radius 3 is 1.00 bits per heavy atom. The highest BCUT2D eigenvalue weighted by Gasteiger charge is 0.932. The maximum Gasteiger partial charge on any atom is -0.0683 e. The molecular formula is C2H8ClF. The van der Waals surface area contributed by atoms with Gasteiger partial charge in [0, 0.05) is 0 Å². The highest BCUT2D eigenvalue weighted by Crippen LogP contribution is 1.14. The summed E-state index contributed by atoms with van der Waals surface area (Å²) in [5.74, 6) is 0. The monoisotopic (exact) mass is 86.0 g/mol. The fourth-order valence-corrected chi connectivity index (χ4v) is 0. The van der Waals surface area contributed by atoms with Gasteiger partial charge in [0.1, 0.15) is 0 Å². The Morgan fingerprint density at radius 2 is 1.00 bits per heavy atom. The molecule has 2 heteroatoms. The van der Waals surface area contributed by atoms with E-state index in [1.165, 1.54) is 0 Å². The minimum Gasteiger partial charge on any atom is -0.269 e. The first-order valence-corrected chi connectivity index (χ1v) is 1.00. The normalized spacial score (nSPS) is 1.50. The molecule has 0 atom stereocenters. The molecule has 0 aliphatic carbocycles. The summed E-state index contributed by atoms with van der Waals surface area (Å²) >= 11 is 0. The van der Waals surface area contributed by atoms with Crippen LogP contribution in [0, 0.1) is 0 Å². The average Bonchev–Trinajstić information content (AvgIpc) is 1.00. The van der Waals surface area contributed by atoms with Crippen LogP contribution >= 0.6 is 12.4 Å². The van der Waals surface area contributed by atoms with Gasteiger partial charge in [0.25, 0.3) is 0 Å². The maximum atomic E-state index is 2.00. The summed E-state index contributed by atoms with van der Waals surface area (Å²) in [5.41, 5.74) is 0. The van der Waals surface area contributed by atoms with Gasteiger partial charge in [-0.2, -0.15) is 0 Å². The second-order valence-electron chi connectivity index (χ2n) is 0. The molecule has 0 aromatic heterocycles. The Labute approximate surface area is 32.0 Å². The lowest BCUT2D eigenvalue weighted by Crippen LogP contribution is -0.856. The van der Waals surface area contributed by atoms with Gasteiger partial charge in [0.2, 0.25) is 0 Å². The van der Waals surface area contributed by atoms with E-state index >= 15 is 0 Å². The topological polar surface area (TPSA) is 0 Å². The van der Waals surface area contributed by atoms with Crippen LogP contribution in [0.5, 0.6) is 0 Å². The third-order valence-electron chi connectivity index (χ3n) is 0. The minimum absolute atomic E-state index is 0. The molecule has 0 unspecified atom stereocenters. The smallest absolute Gasteiger partial charge is 0.0683 e. The Morgan fingerprint density at radius 1 is 1.00 bits per heavy atom. The van der Waals surface area contributed by atoms with E-state index in [0.29, 0.717) is 0 Å². The van der Waals surface area contributed by atoms with Crippen molar-refractivity contribution in [1.29, 1.82) is 0 Å². The first kappa shape index (κ1) is 29.4. The SMILES string of the molecule is CC.Cl.F. The highest BCUT2D eigenvalue weighted by molar-refractivity contribution is 5.85. The molecule has 0 fully saturated rings. The maximum absolute atomic E-state index is 2.00. The van der Waals surface area contributed by atoms with Gasteiger partial charge in [-0.1, -0.05) is 13.8 Å². The van der Waals surface area contributed by atoms with Crippen LogP contribution in [-0.4, -0.2) is 0 Å². The standard InChI is InChI=1S/C2H6.ClH.FH/c1-2;;/h1-2H3;2*1H. The first-order valence-electron chi connectivity index (χ1n) is 1.00. The Balaban J connectivity index is -0.00000000500. The zero-order valence-corrected chi connectivity index (χ0v) is 3.63. The summed E-state index contributed by atoms with van der Waals surface area (Å²) in [4.78, 5) is 0. The first-order chi connectivity index (χ1) is 1.00. The molecule has 0 saturated carbocycles. The van der Waals surface area contributed by atoms with Crippen LogP contribution in [0.3, 0.4) is 0 Å². The van der Waals surface area contributed by atoms with Crippen LogP contribution in [0.2, 0.25) is 0 Å². The Bertz CT molecular complexity index is 6.00. The van der Waals surface area contributed by atoms with Crippen molar-refractivity contribution in [2.24, 2.45) is 0 Å². The van der Waals surface area contributed by atoms with E-state index in [2.05, 4.69) is 0 Å². The number of hydrogen-bond donors (Lipinski definition) is 0. The highest BCUT2D eigenvalue weighted by atomic mass is 35.5. The predicted octanol–water partition coefficient (Wildman–Crippen LogP) is 1.60. The summed E-state index contributed by atoms with van der Waals surface area (Å²) < 4.78 is 0. The molecule has 0 bridgehead atoms. The minimum atomic E-state index is 0. The van der Waals surface area contributed by atoms with E-state index in [4.69, 9.17) is 0 Å². The zero-order valence-electron chi connectivity index (χ0n) is 2.82. The molecule has 0 heterocycles. The lowest BCUT2D eigenvalue weighted by molar-refractivity contribution is 1.11. The van der Waals surface area contributed by atoms with Crippen molar-refractivity contribution in [2.45, 2.75) is 13.8 Å². The van der Waals surface area contributed by atoms with Crippen LogP contribution in [0.25, 0.3) is 0 Å². The molecule has 4 heavy (non-hydrogen) atoms. The van der Waals surface area contributed by atoms with Gasteiger partial charge >= 0.3 is 0 Å². The third-order valence-corrected chi connectivity index (χ3v) is 0. The number of rotatable bonds is 0. The summed E-state index contributed by atoms with van der Waals surface area (Å²) in [6.45, 7) is 4.00. The van der Waals surface area contributed by atoms with Gasteiger partial charge in [-0.25, -0.2) is 0 Å². The lowest BCUT2D eigenvalue weighted by Gasteiger charge is -1.07. The molecule has 0 nitrogen and oxygen atoms in total. The molecule has 0 aliphatic heterocycles. The van der Waals surface area contributed by atoms with Crippen molar-refractivity contribution in [3.8, 4) is 0 Å². The molecule has 0 radical (unpaired) electrons. The van der Waals surface area contributed by atoms with Gasteiger partial charge in [-0.15, -0.1) is 12.4 Å². The van der Waals surface area contributed by atoms with Crippen molar-refractivity contribution in [3.05, 3.63) is 0 Å². The molecule has 0 aliphatic rings. The van der Waals surface area contributed by atoms with E-state index in [1.54, 1.807) is 0 Å². The van der Waals surface area contributed by atoms with E-state index in [9.17, 15) is 0 Å². The van der Waals surface area contributed by atoms with Gasteiger partial charge in [-0.3, -0.25) is 4.70 Å². The number of hydrogen-bond acceptors (Lipinski definition) is 0. The molecular weight excluding hydrogens is 78.5 g/mol. The van der Waals surface area contributed by atoms with Gasteiger partial charge in [-0.05, 0) is 0 Å². The zero-order chi connectivity index (χ0) is 2.00. The van der Waals surface area contributed by atoms with Crippen molar-refractivity contribution in [3.63, 3.8) is 0 Å². The molecule has 30 valence electrons. The van der Waals surface area contributed by atoms with E-state index in [0.717, 1.165) is 0 Å². The summed E-state index contributed by atoms with van der Waals surface area (Å²) in [5, 5.41) is 0. The molecule has 0 aromatic rings. The molecule has 0 N–H and O–H groups in total. The fourth-order valence-electron chi connectivity index (χ4n) is 0. The van der Waals surface area contributed by atoms with E-state index in [-0.39, 0.29) is 17.1 Å². The molecule has 0 rings (SSSR count). The van der Waals surface area contributed by atoms with Crippen molar-refractivity contribution >= 4 is 12.4 Å². The average molecular weight is 86.5 g/mol. The van der Waals surface area contributed by atoms with Gasteiger partial charge in [0.15, 0.2) is 0 Å². The van der Waals surface area contributed by atoms with Crippen LogP contribution in [-0.2, 0) is 0 Å². The summed E-state index contributed by atoms with van der Waals surface area (Å²) in [7, 11) is 0. The van der Waals surface area contributed by atoms with Gasteiger partial charge < -0.3 is 0 Å². The number of halogens is 2. The fraction of sp³-hybridized carbons (Fsp3) is 1.00. The van der Waals surface area contributed by atoms with E-state index < -0.39 is 0 Å². The largest absolute Gasteiger partial charge is 0.269 e. The van der Waals surface area contributed by atoms with Crippen molar-refractivity contribution in [2.75, 3.05) is 0 Å². The van der Waals surface area contributed by atoms with Gasteiger partial charge in [0.05, 0.1) is 0 Å². The van der Waals surface area contributed by atoms with Crippen LogP contribution in [0.15, 0.2) is 0 Å². The van der Waals surface area contributed by atoms with Crippen molar-refractivity contribution < 1.29 is 4.70 Å². The van der Waals surface area contributed by atoms with Crippen LogP contribution in [0.4, 0.5) is 4.70 Å². The molecule has 0 aromatic carbocycles. The molecule has 0 amide bonds. The Kier molecular flexibility index (Phi) is 2410. The van der Waals surface area contributed by atoms with Crippen LogP contribution in [0.1, 0.15) is 13.8 Å². The molecule has 0 saturated heterocycles. The molecule has 0 spiro atoms. The second kappa shape index (κ2) is 328. The van der Waals surface area contributed by atoms with Crippen LogP contribution < -0.4 is 0 Å². The van der Waals surface area contributed by atoms with E-state index in [1.807, 2.05) is 13.8 Å². The lowest BCUT2D eigenvalue weighted by atomic mass is 11.0. The quantitative estimate of drug-likeness (QED) is 0.420. The predicted molar refractivity (Wildman–Crippen MR) is 21.1 cm³/mol. The van der Waals surface area contributed by atoms with Crippen molar-refractivity contribution in [1.82, 2.24) is 0 Å². The second-order valence-corrected chi connectivity index (χ2v) is 0. The summed E-state index contributed by atoms with van der Waals surface area (Å²) in [6, 6.07) is 0.